The second-order valence-electron chi connectivity index (χ2n) is 3.57. The molecule has 4 nitrogen and oxygen atoms in total. The van der Waals surface area contributed by atoms with Gasteiger partial charge in [0.25, 0.3) is 0 Å². The molecule has 4 heteroatoms. The Hall–Kier alpha value is -1.89. The minimum atomic E-state index is 0.0841. The zero-order valence-corrected chi connectivity index (χ0v) is 8.36. The molecule has 1 aromatic carbocycles. The van der Waals surface area contributed by atoms with Crippen LogP contribution in [-0.2, 0) is 0 Å². The lowest BCUT2D eigenvalue weighted by molar-refractivity contribution is 0.197. The maximum Gasteiger partial charge on any atom is 0.143 e. The van der Waals surface area contributed by atoms with E-state index in [-0.39, 0.29) is 6.10 Å². The molecule has 1 aliphatic heterocycles. The maximum absolute atomic E-state index is 8.49. The van der Waals surface area contributed by atoms with E-state index in [4.69, 9.17) is 15.7 Å². The van der Waals surface area contributed by atoms with Crippen LogP contribution in [0, 0.1) is 11.3 Å². The number of nitriles is 1. The van der Waals surface area contributed by atoms with Crippen LogP contribution in [0.2, 0.25) is 0 Å². The van der Waals surface area contributed by atoms with Crippen LogP contribution in [0.4, 0.5) is 11.4 Å². The standard InChI is InChI=1S/C11H13N3O/c12-5-1-2-9-7-14-10-6-8(13)3-4-11(10)15-9/h3-4,6,9,14H,1-2,7,13H2. The molecule has 0 fully saturated rings. The number of fused-ring (bicyclic) bond motifs is 1. The summed E-state index contributed by atoms with van der Waals surface area (Å²) in [4.78, 5) is 0. The van der Waals surface area contributed by atoms with Gasteiger partial charge in [-0.2, -0.15) is 5.26 Å². The second-order valence-corrected chi connectivity index (χ2v) is 3.57. The zero-order valence-electron chi connectivity index (χ0n) is 8.36. The summed E-state index contributed by atoms with van der Waals surface area (Å²) in [7, 11) is 0. The van der Waals surface area contributed by atoms with Gasteiger partial charge in [0.05, 0.1) is 18.3 Å². The monoisotopic (exact) mass is 203 g/mol. The highest BCUT2D eigenvalue weighted by Crippen LogP contribution is 2.31. The van der Waals surface area contributed by atoms with E-state index in [1.165, 1.54) is 0 Å². The van der Waals surface area contributed by atoms with E-state index < -0.39 is 0 Å². The van der Waals surface area contributed by atoms with Gasteiger partial charge in [-0.25, -0.2) is 0 Å². The molecule has 0 saturated heterocycles. The summed E-state index contributed by atoms with van der Waals surface area (Å²) in [5.41, 5.74) is 7.31. The fraction of sp³-hybridized carbons (Fsp3) is 0.364. The van der Waals surface area contributed by atoms with Crippen molar-refractivity contribution in [3.8, 4) is 11.8 Å². The van der Waals surface area contributed by atoms with Gasteiger partial charge >= 0.3 is 0 Å². The van der Waals surface area contributed by atoms with Gasteiger partial charge in [-0.05, 0) is 24.6 Å². The summed E-state index contributed by atoms with van der Waals surface area (Å²) in [5.74, 6) is 0.818. The highest BCUT2D eigenvalue weighted by Gasteiger charge is 2.18. The summed E-state index contributed by atoms with van der Waals surface area (Å²) in [6.07, 6.45) is 1.37. The van der Waals surface area contributed by atoms with Crippen LogP contribution in [0.5, 0.6) is 5.75 Å². The quantitative estimate of drug-likeness (QED) is 0.718. The van der Waals surface area contributed by atoms with Crippen LogP contribution in [0.15, 0.2) is 18.2 Å². The van der Waals surface area contributed by atoms with Gasteiger partial charge < -0.3 is 15.8 Å². The summed E-state index contributed by atoms with van der Waals surface area (Å²) < 4.78 is 5.72. The van der Waals surface area contributed by atoms with Crippen LogP contribution in [-0.4, -0.2) is 12.6 Å². The Morgan fingerprint density at radius 2 is 2.47 bits per heavy atom. The lowest BCUT2D eigenvalue weighted by atomic mass is 10.1. The van der Waals surface area contributed by atoms with E-state index in [9.17, 15) is 0 Å². The van der Waals surface area contributed by atoms with Crippen LogP contribution < -0.4 is 15.8 Å². The number of ether oxygens (including phenoxy) is 1. The number of nitrogen functional groups attached to an aromatic ring is 1. The number of anilines is 2. The molecule has 3 N–H and O–H groups in total. The number of nitrogens with two attached hydrogens (primary N) is 1. The largest absolute Gasteiger partial charge is 0.486 e. The van der Waals surface area contributed by atoms with Gasteiger partial charge in [-0.15, -0.1) is 0 Å². The van der Waals surface area contributed by atoms with Gasteiger partial charge in [-0.3, -0.25) is 0 Å². The Balaban J connectivity index is 2.07. The molecule has 0 aliphatic carbocycles. The number of nitrogens with one attached hydrogen (secondary N) is 1. The Kier molecular flexibility index (Phi) is 2.64. The molecule has 1 heterocycles. The molecule has 1 aliphatic rings. The first kappa shape index (κ1) is 9.66. The average molecular weight is 203 g/mol. The van der Waals surface area contributed by atoms with Crippen LogP contribution in [0.25, 0.3) is 0 Å². The molecule has 1 unspecified atom stereocenters. The predicted octanol–water partition coefficient (Wildman–Crippen LogP) is 1.75. The molecule has 0 aromatic heterocycles. The van der Waals surface area contributed by atoms with Crippen LogP contribution in [0.1, 0.15) is 12.8 Å². The van der Waals surface area contributed by atoms with Gasteiger partial charge in [0.2, 0.25) is 0 Å². The maximum atomic E-state index is 8.49. The van der Waals surface area contributed by atoms with Gasteiger partial charge in [0.1, 0.15) is 11.9 Å². The van der Waals surface area contributed by atoms with Crippen molar-refractivity contribution in [2.24, 2.45) is 0 Å². The minimum Gasteiger partial charge on any atom is -0.486 e. The number of rotatable bonds is 2. The highest BCUT2D eigenvalue weighted by atomic mass is 16.5. The molecule has 2 rings (SSSR count). The third-order valence-corrected chi connectivity index (χ3v) is 2.40. The molecular formula is C11H13N3O. The van der Waals surface area contributed by atoms with E-state index in [0.29, 0.717) is 6.42 Å². The Labute approximate surface area is 88.6 Å². The predicted molar refractivity (Wildman–Crippen MR) is 58.6 cm³/mol. The molecule has 15 heavy (non-hydrogen) atoms. The molecule has 0 bridgehead atoms. The first-order chi connectivity index (χ1) is 7.29. The third kappa shape index (κ3) is 2.13. The number of hydrogen-bond donors (Lipinski definition) is 2. The lowest BCUT2D eigenvalue weighted by Crippen LogP contribution is -2.30. The summed E-state index contributed by atoms with van der Waals surface area (Å²) >= 11 is 0. The molecule has 0 amide bonds. The third-order valence-electron chi connectivity index (χ3n) is 2.40. The van der Waals surface area contributed by atoms with Gasteiger partial charge in [0, 0.05) is 12.1 Å². The summed E-state index contributed by atoms with van der Waals surface area (Å²) in [6.45, 7) is 0.734. The molecule has 1 atom stereocenters. The zero-order chi connectivity index (χ0) is 10.7. The Morgan fingerprint density at radius 3 is 3.27 bits per heavy atom. The molecule has 0 radical (unpaired) electrons. The van der Waals surface area contributed by atoms with Crippen molar-refractivity contribution in [1.82, 2.24) is 0 Å². The molecule has 78 valence electrons. The SMILES string of the molecule is N#CCCC1CNc2cc(N)ccc2O1. The molecule has 0 saturated carbocycles. The van der Waals surface area contributed by atoms with Crippen molar-refractivity contribution in [1.29, 1.82) is 5.26 Å². The first-order valence-electron chi connectivity index (χ1n) is 4.96. The van der Waals surface area contributed by atoms with Crippen LogP contribution >= 0.6 is 0 Å². The van der Waals surface area contributed by atoms with E-state index in [1.807, 2.05) is 18.2 Å². The van der Waals surface area contributed by atoms with Crippen LogP contribution in [0.3, 0.4) is 0 Å². The highest BCUT2D eigenvalue weighted by molar-refractivity contribution is 5.64. The van der Waals surface area contributed by atoms with E-state index >= 15 is 0 Å². The summed E-state index contributed by atoms with van der Waals surface area (Å²) in [5, 5.41) is 11.7. The first-order valence-corrected chi connectivity index (χ1v) is 4.96. The minimum absolute atomic E-state index is 0.0841. The Bertz CT molecular complexity index is 397. The Morgan fingerprint density at radius 1 is 1.60 bits per heavy atom. The fourth-order valence-electron chi connectivity index (χ4n) is 1.62. The van der Waals surface area contributed by atoms with Gasteiger partial charge in [-0.1, -0.05) is 0 Å². The van der Waals surface area contributed by atoms with E-state index in [1.54, 1.807) is 0 Å². The number of nitrogens with zero attached hydrogens (tertiary/aromatic N) is 1. The van der Waals surface area contributed by atoms with Crippen molar-refractivity contribution >= 4 is 11.4 Å². The lowest BCUT2D eigenvalue weighted by Gasteiger charge is -2.27. The molecular weight excluding hydrogens is 190 g/mol. The van der Waals surface area contributed by atoms with Crippen molar-refractivity contribution in [3.05, 3.63) is 18.2 Å². The van der Waals surface area contributed by atoms with E-state index in [2.05, 4.69) is 11.4 Å². The fourth-order valence-corrected chi connectivity index (χ4v) is 1.62. The molecule has 0 spiro atoms. The van der Waals surface area contributed by atoms with Crippen molar-refractivity contribution in [2.45, 2.75) is 18.9 Å². The normalized spacial score (nSPS) is 18.2. The molecule has 1 aromatic rings. The summed E-state index contributed by atoms with van der Waals surface area (Å²) in [6, 6.07) is 7.65. The number of hydrogen-bond acceptors (Lipinski definition) is 4. The number of benzene rings is 1. The average Bonchev–Trinajstić information content (AvgIpc) is 2.26. The van der Waals surface area contributed by atoms with Crippen molar-refractivity contribution in [2.75, 3.05) is 17.6 Å². The van der Waals surface area contributed by atoms with Crippen molar-refractivity contribution < 1.29 is 4.74 Å². The van der Waals surface area contributed by atoms with Crippen molar-refractivity contribution in [3.63, 3.8) is 0 Å². The second kappa shape index (κ2) is 4.09. The van der Waals surface area contributed by atoms with Gasteiger partial charge in [0.15, 0.2) is 0 Å². The smallest absolute Gasteiger partial charge is 0.143 e. The topological polar surface area (TPSA) is 71.1 Å². The van der Waals surface area contributed by atoms with E-state index in [0.717, 1.165) is 30.1 Å².